The molecule has 23 heavy (non-hydrogen) atoms. The van der Waals surface area contributed by atoms with Gasteiger partial charge in [-0.3, -0.25) is 5.43 Å². The Morgan fingerprint density at radius 2 is 1.83 bits per heavy atom. The van der Waals surface area contributed by atoms with Gasteiger partial charge in [0.05, 0.1) is 6.21 Å². The molecule has 0 aliphatic heterocycles. The molecule has 120 valence electrons. The molecular formula is C15H12F3N3S2. The minimum Gasteiger partial charge on any atom is -0.331 e. The van der Waals surface area contributed by atoms with Gasteiger partial charge < -0.3 is 5.32 Å². The number of hydrazone groups is 1. The number of thiocarbonyl (C=S) groups is 1. The van der Waals surface area contributed by atoms with Crippen LogP contribution >= 0.6 is 24.0 Å². The highest BCUT2D eigenvalue weighted by Crippen LogP contribution is 2.26. The Hall–Kier alpha value is -2.06. The van der Waals surface area contributed by atoms with Crippen molar-refractivity contribution >= 4 is 41.0 Å². The quantitative estimate of drug-likeness (QED) is 0.359. The highest BCUT2D eigenvalue weighted by atomic mass is 32.2. The van der Waals surface area contributed by atoms with E-state index in [1.54, 1.807) is 42.5 Å². The van der Waals surface area contributed by atoms with Crippen molar-refractivity contribution in [2.75, 3.05) is 5.32 Å². The standard InChI is InChI=1S/C15H12F3N3S2/c16-13-4-2-1-3-10(13)9-19-21-15(22)20-11-5-7-12(8-6-11)23-14(17)18/h1-9,14H,(H2,20,21,22)/b19-9-. The van der Waals surface area contributed by atoms with Crippen molar-refractivity contribution in [2.24, 2.45) is 5.10 Å². The topological polar surface area (TPSA) is 36.4 Å². The third kappa shape index (κ3) is 5.91. The number of hydrogen-bond donors (Lipinski definition) is 2. The van der Waals surface area contributed by atoms with E-state index in [2.05, 4.69) is 15.8 Å². The second kappa shape index (κ2) is 8.54. The number of alkyl halides is 2. The molecule has 0 saturated carbocycles. The first-order chi connectivity index (χ1) is 11.0. The van der Waals surface area contributed by atoms with Gasteiger partial charge in [-0.2, -0.15) is 13.9 Å². The van der Waals surface area contributed by atoms with E-state index in [0.717, 1.165) is 0 Å². The summed E-state index contributed by atoms with van der Waals surface area (Å²) in [5, 5.41) is 6.87. The molecule has 0 saturated heterocycles. The van der Waals surface area contributed by atoms with Gasteiger partial charge in [0.25, 0.3) is 5.76 Å². The van der Waals surface area contributed by atoms with Crippen molar-refractivity contribution in [3.05, 3.63) is 59.9 Å². The Bertz CT molecular complexity index is 691. The van der Waals surface area contributed by atoms with Gasteiger partial charge in [-0.05, 0) is 42.5 Å². The third-order valence-corrected chi connectivity index (χ3v) is 3.53. The van der Waals surface area contributed by atoms with Crippen LogP contribution in [0.5, 0.6) is 0 Å². The van der Waals surface area contributed by atoms with E-state index in [1.807, 2.05) is 0 Å². The van der Waals surface area contributed by atoms with E-state index < -0.39 is 5.76 Å². The number of thioether (sulfide) groups is 1. The summed E-state index contributed by atoms with van der Waals surface area (Å²) in [6.07, 6.45) is 1.31. The number of anilines is 1. The molecule has 0 spiro atoms. The van der Waals surface area contributed by atoms with Gasteiger partial charge in [0.2, 0.25) is 0 Å². The Kier molecular flexibility index (Phi) is 6.42. The molecule has 0 unspecified atom stereocenters. The second-order valence-corrected chi connectivity index (χ2v) is 5.72. The van der Waals surface area contributed by atoms with Gasteiger partial charge >= 0.3 is 0 Å². The third-order valence-electron chi connectivity index (χ3n) is 2.61. The zero-order valence-corrected chi connectivity index (χ0v) is 13.3. The fraction of sp³-hybridized carbons (Fsp3) is 0.0667. The zero-order valence-electron chi connectivity index (χ0n) is 11.7. The van der Waals surface area contributed by atoms with Crippen molar-refractivity contribution in [1.82, 2.24) is 5.43 Å². The van der Waals surface area contributed by atoms with Crippen LogP contribution in [0.1, 0.15) is 5.56 Å². The molecule has 2 rings (SSSR count). The molecule has 2 aromatic carbocycles. The van der Waals surface area contributed by atoms with Crippen LogP contribution in [0, 0.1) is 5.82 Å². The SMILES string of the molecule is Fc1ccccc1/C=N\NC(=S)Nc1ccc(SC(F)F)cc1. The van der Waals surface area contributed by atoms with Crippen LogP contribution in [0.15, 0.2) is 58.5 Å². The Balaban J connectivity index is 1.86. The number of nitrogens with zero attached hydrogens (tertiary/aromatic N) is 1. The number of nitrogens with one attached hydrogen (secondary N) is 2. The lowest BCUT2D eigenvalue weighted by Gasteiger charge is -2.07. The van der Waals surface area contributed by atoms with Gasteiger partial charge in [0.1, 0.15) is 5.82 Å². The molecule has 2 aromatic rings. The van der Waals surface area contributed by atoms with Crippen molar-refractivity contribution in [3.63, 3.8) is 0 Å². The first kappa shape index (κ1) is 17.3. The van der Waals surface area contributed by atoms with E-state index in [1.165, 1.54) is 12.3 Å². The minimum absolute atomic E-state index is 0.201. The molecule has 0 radical (unpaired) electrons. The zero-order chi connectivity index (χ0) is 16.7. The van der Waals surface area contributed by atoms with Gasteiger partial charge in [0.15, 0.2) is 5.11 Å². The molecule has 3 nitrogen and oxygen atoms in total. The summed E-state index contributed by atoms with van der Waals surface area (Å²) in [5.74, 6) is -2.84. The van der Waals surface area contributed by atoms with Crippen molar-refractivity contribution in [3.8, 4) is 0 Å². The molecular weight excluding hydrogens is 343 g/mol. The summed E-state index contributed by atoms with van der Waals surface area (Å²) >= 11 is 5.50. The lowest BCUT2D eigenvalue weighted by atomic mass is 10.2. The molecule has 0 heterocycles. The number of halogens is 3. The number of benzene rings is 2. The fourth-order valence-electron chi connectivity index (χ4n) is 1.62. The Morgan fingerprint density at radius 1 is 1.13 bits per heavy atom. The maximum atomic E-state index is 13.4. The van der Waals surface area contributed by atoms with Crippen molar-refractivity contribution in [1.29, 1.82) is 0 Å². The van der Waals surface area contributed by atoms with E-state index >= 15 is 0 Å². The minimum atomic E-state index is -2.45. The van der Waals surface area contributed by atoms with Crippen LogP contribution in [0.4, 0.5) is 18.9 Å². The van der Waals surface area contributed by atoms with Gasteiger partial charge in [-0.1, -0.05) is 30.0 Å². The molecule has 0 aliphatic rings. The molecule has 2 N–H and O–H groups in total. The highest BCUT2D eigenvalue weighted by Gasteiger charge is 2.05. The second-order valence-electron chi connectivity index (χ2n) is 4.25. The summed E-state index contributed by atoms with van der Waals surface area (Å²) in [5.41, 5.74) is 3.51. The summed E-state index contributed by atoms with van der Waals surface area (Å²) in [4.78, 5) is 0.460. The maximum absolute atomic E-state index is 13.4. The van der Waals surface area contributed by atoms with Crippen LogP contribution < -0.4 is 10.7 Å². The normalized spacial score (nSPS) is 11.0. The summed E-state index contributed by atoms with van der Waals surface area (Å²) in [7, 11) is 0. The van der Waals surface area contributed by atoms with Crippen LogP contribution in [0.2, 0.25) is 0 Å². The molecule has 0 atom stereocenters. The fourth-order valence-corrected chi connectivity index (χ4v) is 2.29. The predicted octanol–water partition coefficient (Wildman–Crippen LogP) is 4.46. The molecule has 0 fully saturated rings. The average Bonchev–Trinajstić information content (AvgIpc) is 2.51. The van der Waals surface area contributed by atoms with E-state index in [-0.39, 0.29) is 10.9 Å². The van der Waals surface area contributed by atoms with Gasteiger partial charge in [0, 0.05) is 16.1 Å². The number of rotatable bonds is 5. The monoisotopic (exact) mass is 355 g/mol. The molecule has 0 aliphatic carbocycles. The molecule has 8 heteroatoms. The summed E-state index contributed by atoms with van der Waals surface area (Å²) < 4.78 is 37.8. The first-order valence-electron chi connectivity index (χ1n) is 6.44. The largest absolute Gasteiger partial charge is 0.331 e. The van der Waals surface area contributed by atoms with Crippen molar-refractivity contribution < 1.29 is 13.2 Å². The van der Waals surface area contributed by atoms with Gasteiger partial charge in [-0.25, -0.2) is 4.39 Å². The smallest absolute Gasteiger partial charge is 0.288 e. The average molecular weight is 355 g/mol. The van der Waals surface area contributed by atoms with E-state index in [4.69, 9.17) is 12.2 Å². The molecule has 0 bridgehead atoms. The van der Waals surface area contributed by atoms with Crippen molar-refractivity contribution in [2.45, 2.75) is 10.7 Å². The predicted molar refractivity (Wildman–Crippen MR) is 91.7 cm³/mol. The van der Waals surface area contributed by atoms with Crippen LogP contribution in [0.25, 0.3) is 0 Å². The first-order valence-corrected chi connectivity index (χ1v) is 7.73. The van der Waals surface area contributed by atoms with E-state index in [9.17, 15) is 13.2 Å². The Morgan fingerprint density at radius 3 is 2.48 bits per heavy atom. The molecule has 0 aromatic heterocycles. The van der Waals surface area contributed by atoms with E-state index in [0.29, 0.717) is 27.9 Å². The number of hydrogen-bond acceptors (Lipinski definition) is 3. The summed E-state index contributed by atoms with van der Waals surface area (Å²) in [6, 6.07) is 12.6. The molecule has 0 amide bonds. The maximum Gasteiger partial charge on any atom is 0.288 e. The summed E-state index contributed by atoms with van der Waals surface area (Å²) in [6.45, 7) is 0. The van der Waals surface area contributed by atoms with Crippen LogP contribution in [-0.4, -0.2) is 17.1 Å². The highest BCUT2D eigenvalue weighted by molar-refractivity contribution is 7.99. The van der Waals surface area contributed by atoms with Crippen LogP contribution in [0.3, 0.4) is 0 Å². The lowest BCUT2D eigenvalue weighted by Crippen LogP contribution is -2.23. The Labute approximate surface area is 141 Å². The lowest BCUT2D eigenvalue weighted by molar-refractivity contribution is 0.252. The van der Waals surface area contributed by atoms with Gasteiger partial charge in [-0.15, -0.1) is 0 Å². The van der Waals surface area contributed by atoms with Crippen LogP contribution in [-0.2, 0) is 0 Å².